The van der Waals surface area contributed by atoms with E-state index in [1.165, 1.54) is 17.7 Å². The first kappa shape index (κ1) is 15.2. The number of hydrogen-bond donors (Lipinski definition) is 0. The number of fused-ring (bicyclic) bond motifs is 1. The molecule has 0 aromatic carbocycles. The van der Waals surface area contributed by atoms with Crippen LogP contribution in [0.2, 0.25) is 0 Å². The molecule has 3 fully saturated rings. The van der Waals surface area contributed by atoms with E-state index in [0.29, 0.717) is 26.2 Å². The average Bonchev–Trinajstić information content (AvgIpc) is 3.23. The van der Waals surface area contributed by atoms with Gasteiger partial charge in [0.15, 0.2) is 0 Å². The molecule has 128 valence electrons. The lowest BCUT2D eigenvalue weighted by Crippen LogP contribution is -2.53. The molecule has 4 rings (SSSR count). The zero-order valence-electron chi connectivity index (χ0n) is 13.9. The lowest BCUT2D eigenvalue weighted by atomic mass is 10.2. The van der Waals surface area contributed by atoms with Gasteiger partial charge >= 0.3 is 6.03 Å². The van der Waals surface area contributed by atoms with Crippen LogP contribution in [0.1, 0.15) is 19.8 Å². The van der Waals surface area contributed by atoms with Crippen molar-refractivity contribution in [3.63, 3.8) is 0 Å². The Kier molecular flexibility index (Phi) is 3.74. The van der Waals surface area contributed by atoms with E-state index < -0.39 is 6.04 Å². The van der Waals surface area contributed by atoms with Crippen LogP contribution in [-0.2, 0) is 4.79 Å². The monoisotopic (exact) mass is 330 g/mol. The number of piperazine rings is 1. The maximum Gasteiger partial charge on any atom is 0.327 e. The second-order valence-corrected chi connectivity index (χ2v) is 6.45. The molecule has 0 spiro atoms. The highest BCUT2D eigenvalue weighted by atomic mass is 16.2. The molecule has 1 aromatic rings. The Morgan fingerprint density at radius 3 is 2.46 bits per heavy atom. The third-order valence-electron chi connectivity index (χ3n) is 5.12. The van der Waals surface area contributed by atoms with Gasteiger partial charge in [0.25, 0.3) is 5.91 Å². The number of carbonyl (C=O) groups is 2. The van der Waals surface area contributed by atoms with E-state index in [1.54, 1.807) is 11.2 Å². The Morgan fingerprint density at radius 1 is 1.04 bits per heavy atom. The molecule has 0 radical (unpaired) electrons. The molecule has 0 N–H and O–H groups in total. The van der Waals surface area contributed by atoms with E-state index in [2.05, 4.69) is 19.8 Å². The summed E-state index contributed by atoms with van der Waals surface area (Å²) < 4.78 is 0. The van der Waals surface area contributed by atoms with Crippen molar-refractivity contribution in [2.75, 3.05) is 49.1 Å². The minimum atomic E-state index is -0.392. The summed E-state index contributed by atoms with van der Waals surface area (Å²) >= 11 is 0. The number of anilines is 2. The van der Waals surface area contributed by atoms with Crippen LogP contribution in [0.15, 0.2) is 12.4 Å². The fourth-order valence-electron chi connectivity index (χ4n) is 3.78. The zero-order valence-corrected chi connectivity index (χ0v) is 13.9. The van der Waals surface area contributed by atoms with Crippen LogP contribution in [0.25, 0.3) is 0 Å². The van der Waals surface area contributed by atoms with E-state index in [0.717, 1.165) is 24.7 Å². The minimum absolute atomic E-state index is 0.0963. The van der Waals surface area contributed by atoms with Gasteiger partial charge in [-0.3, -0.25) is 9.69 Å². The van der Waals surface area contributed by atoms with Crippen molar-refractivity contribution in [2.24, 2.45) is 0 Å². The smallest absolute Gasteiger partial charge is 0.327 e. The van der Waals surface area contributed by atoms with E-state index in [9.17, 15) is 9.59 Å². The molecule has 3 aliphatic rings. The van der Waals surface area contributed by atoms with Crippen LogP contribution in [0, 0.1) is 0 Å². The molecule has 8 nitrogen and oxygen atoms in total. The number of likely N-dealkylation sites (N-methyl/N-ethyl adjacent to an activating group) is 1. The quantitative estimate of drug-likeness (QED) is 0.754. The molecule has 0 bridgehead atoms. The largest absolute Gasteiger partial charge is 0.356 e. The summed E-state index contributed by atoms with van der Waals surface area (Å²) in [4.78, 5) is 40.8. The molecule has 0 saturated carbocycles. The Hall–Kier alpha value is -2.38. The number of rotatable bonds is 3. The van der Waals surface area contributed by atoms with Gasteiger partial charge in [0, 0.05) is 45.3 Å². The van der Waals surface area contributed by atoms with Crippen molar-refractivity contribution < 1.29 is 9.59 Å². The first-order valence-corrected chi connectivity index (χ1v) is 8.63. The molecular formula is C16H22N6O2. The Bertz CT molecular complexity index is 660. The Labute approximate surface area is 141 Å². The van der Waals surface area contributed by atoms with Crippen molar-refractivity contribution in [3.05, 3.63) is 12.4 Å². The Balaban J connectivity index is 1.53. The molecule has 4 heterocycles. The van der Waals surface area contributed by atoms with Gasteiger partial charge in [-0.05, 0) is 19.8 Å². The fourth-order valence-corrected chi connectivity index (χ4v) is 3.78. The van der Waals surface area contributed by atoms with E-state index in [-0.39, 0.29) is 11.9 Å². The number of urea groups is 1. The lowest BCUT2D eigenvalue weighted by Gasteiger charge is -2.36. The summed E-state index contributed by atoms with van der Waals surface area (Å²) in [6, 6.07) is 1.45. The predicted molar refractivity (Wildman–Crippen MR) is 89.0 cm³/mol. The first-order valence-electron chi connectivity index (χ1n) is 8.63. The topological polar surface area (TPSA) is 72.9 Å². The molecule has 1 aromatic heterocycles. The van der Waals surface area contributed by atoms with Gasteiger partial charge < -0.3 is 14.7 Å². The summed E-state index contributed by atoms with van der Waals surface area (Å²) in [5.41, 5.74) is 0. The zero-order chi connectivity index (χ0) is 16.7. The number of amides is 3. The highest BCUT2D eigenvalue weighted by molar-refractivity contribution is 6.04. The Morgan fingerprint density at radius 2 is 1.75 bits per heavy atom. The average molecular weight is 330 g/mol. The second-order valence-electron chi connectivity index (χ2n) is 6.45. The number of imide groups is 1. The molecule has 8 heteroatoms. The van der Waals surface area contributed by atoms with Crippen LogP contribution in [-0.4, -0.2) is 77.0 Å². The van der Waals surface area contributed by atoms with Gasteiger partial charge in [-0.1, -0.05) is 0 Å². The summed E-state index contributed by atoms with van der Waals surface area (Å²) in [5.74, 6) is 1.69. The van der Waals surface area contributed by atoms with Gasteiger partial charge in [0.1, 0.15) is 24.0 Å². The third kappa shape index (κ3) is 2.37. The van der Waals surface area contributed by atoms with Gasteiger partial charge in [0.2, 0.25) is 0 Å². The summed E-state index contributed by atoms with van der Waals surface area (Å²) in [6.07, 6.45) is 3.99. The number of aromatic nitrogens is 2. The predicted octanol–water partition coefficient (Wildman–Crippen LogP) is 0.549. The highest BCUT2D eigenvalue weighted by Crippen LogP contribution is 2.26. The summed E-state index contributed by atoms with van der Waals surface area (Å²) in [7, 11) is 0. The van der Waals surface area contributed by atoms with E-state index in [1.807, 2.05) is 13.0 Å². The standard InChI is InChI=1S/C16H22N6O2/c1-2-21-15(23)12-10-20(7-8-22(12)16(21)24)14-9-13(17-11-18-14)19-5-3-4-6-19/h9,11-12H,2-8,10H2,1H3. The molecule has 24 heavy (non-hydrogen) atoms. The van der Waals surface area contributed by atoms with E-state index >= 15 is 0 Å². The lowest BCUT2D eigenvalue weighted by molar-refractivity contribution is -0.128. The second kappa shape index (κ2) is 5.92. The fraction of sp³-hybridized carbons (Fsp3) is 0.625. The van der Waals surface area contributed by atoms with Crippen molar-refractivity contribution >= 4 is 23.6 Å². The van der Waals surface area contributed by atoms with Gasteiger partial charge in [-0.15, -0.1) is 0 Å². The van der Waals surface area contributed by atoms with Crippen molar-refractivity contribution in [3.8, 4) is 0 Å². The molecule has 1 atom stereocenters. The third-order valence-corrected chi connectivity index (χ3v) is 5.12. The minimum Gasteiger partial charge on any atom is -0.356 e. The van der Waals surface area contributed by atoms with Crippen molar-refractivity contribution in [1.82, 2.24) is 19.8 Å². The number of carbonyl (C=O) groups excluding carboxylic acids is 2. The first-order chi connectivity index (χ1) is 11.7. The van der Waals surface area contributed by atoms with Crippen molar-refractivity contribution in [2.45, 2.75) is 25.8 Å². The van der Waals surface area contributed by atoms with E-state index in [4.69, 9.17) is 0 Å². The van der Waals surface area contributed by atoms with Crippen LogP contribution in [0.3, 0.4) is 0 Å². The summed E-state index contributed by atoms with van der Waals surface area (Å²) in [6.45, 7) is 6.06. The molecule has 3 amide bonds. The van der Waals surface area contributed by atoms with Crippen LogP contribution in [0.5, 0.6) is 0 Å². The van der Waals surface area contributed by atoms with Gasteiger partial charge in [-0.25, -0.2) is 14.8 Å². The van der Waals surface area contributed by atoms with Crippen LogP contribution < -0.4 is 9.80 Å². The normalized spacial score (nSPS) is 24.1. The number of nitrogens with zero attached hydrogens (tertiary/aromatic N) is 6. The maximum absolute atomic E-state index is 12.4. The molecular weight excluding hydrogens is 308 g/mol. The maximum atomic E-state index is 12.4. The van der Waals surface area contributed by atoms with Crippen LogP contribution >= 0.6 is 0 Å². The molecule has 3 saturated heterocycles. The summed E-state index contributed by atoms with van der Waals surface area (Å²) in [5, 5.41) is 0. The van der Waals surface area contributed by atoms with Crippen molar-refractivity contribution in [1.29, 1.82) is 0 Å². The van der Waals surface area contributed by atoms with Crippen LogP contribution in [0.4, 0.5) is 16.4 Å². The van der Waals surface area contributed by atoms with Gasteiger partial charge in [-0.2, -0.15) is 0 Å². The molecule has 1 unspecified atom stereocenters. The number of hydrogen-bond acceptors (Lipinski definition) is 6. The molecule has 3 aliphatic heterocycles. The molecule has 0 aliphatic carbocycles. The SMILES string of the molecule is CCN1C(=O)C2CN(c3cc(N4CCCC4)ncn3)CCN2C1=O. The highest BCUT2D eigenvalue weighted by Gasteiger charge is 2.47. The van der Waals surface area contributed by atoms with Gasteiger partial charge in [0.05, 0.1) is 0 Å².